The molecule has 0 saturated carbocycles. The maximum absolute atomic E-state index is 12.3. The minimum Gasteiger partial charge on any atom is -0.365 e. The number of amides is 1. The number of nitrogens with zero attached hydrogens (tertiary/aromatic N) is 1. The van der Waals surface area contributed by atoms with Crippen molar-refractivity contribution in [2.24, 2.45) is 5.14 Å². The molecule has 0 radical (unpaired) electrons. The van der Waals surface area contributed by atoms with E-state index in [-0.39, 0.29) is 17.3 Å². The van der Waals surface area contributed by atoms with Crippen LogP contribution in [0.15, 0.2) is 47.4 Å². The Labute approximate surface area is 142 Å². The largest absolute Gasteiger partial charge is 0.365 e. The van der Waals surface area contributed by atoms with E-state index in [1.54, 1.807) is 11.8 Å². The molecule has 0 aromatic heterocycles. The number of carbonyl (C=O) groups is 1. The van der Waals surface area contributed by atoms with Gasteiger partial charge in [0, 0.05) is 18.4 Å². The van der Waals surface area contributed by atoms with Crippen LogP contribution < -0.4 is 15.4 Å². The molecule has 0 aliphatic rings. The number of para-hydroxylation sites is 1. The number of nitrogens with one attached hydrogen (secondary N) is 1. The topological polar surface area (TPSA) is 92.5 Å². The van der Waals surface area contributed by atoms with E-state index in [1.807, 2.05) is 44.3 Å². The molecule has 128 valence electrons. The van der Waals surface area contributed by atoms with Crippen molar-refractivity contribution in [2.45, 2.75) is 18.7 Å². The molecule has 2 aromatic rings. The number of hydrogen-bond acceptors (Lipinski definition) is 4. The molecule has 1 amide bonds. The molecular weight excluding hydrogens is 326 g/mol. The van der Waals surface area contributed by atoms with Crippen LogP contribution >= 0.6 is 0 Å². The zero-order chi connectivity index (χ0) is 17.9. The standard InChI is InChI=1S/C17H21N3O3S/c1-12-9-15(24(18,22)23)10-16(13(12)2)19-17(21)11-20(3)14-7-5-4-6-8-14/h4-10H,11H2,1-3H3,(H,19,21)(H2,18,22,23). The number of hydrogen-bond donors (Lipinski definition) is 2. The molecule has 0 aliphatic carbocycles. The third kappa shape index (κ3) is 4.33. The summed E-state index contributed by atoms with van der Waals surface area (Å²) >= 11 is 0. The van der Waals surface area contributed by atoms with Gasteiger partial charge in [-0.3, -0.25) is 4.79 Å². The Morgan fingerprint density at radius 2 is 1.79 bits per heavy atom. The van der Waals surface area contributed by atoms with Gasteiger partial charge in [-0.15, -0.1) is 0 Å². The van der Waals surface area contributed by atoms with Crippen LogP contribution in [0.5, 0.6) is 0 Å². The highest BCUT2D eigenvalue weighted by atomic mass is 32.2. The first-order chi connectivity index (χ1) is 11.2. The van der Waals surface area contributed by atoms with Crippen LogP contribution in [-0.2, 0) is 14.8 Å². The van der Waals surface area contributed by atoms with E-state index < -0.39 is 10.0 Å². The fourth-order valence-corrected chi connectivity index (χ4v) is 2.92. The zero-order valence-corrected chi connectivity index (χ0v) is 14.7. The first-order valence-electron chi connectivity index (χ1n) is 7.38. The zero-order valence-electron chi connectivity index (χ0n) is 13.9. The lowest BCUT2D eigenvalue weighted by Gasteiger charge is -2.19. The number of carbonyl (C=O) groups excluding carboxylic acids is 1. The molecule has 7 heteroatoms. The highest BCUT2D eigenvalue weighted by Gasteiger charge is 2.15. The van der Waals surface area contributed by atoms with Crippen molar-refractivity contribution in [2.75, 3.05) is 23.8 Å². The molecule has 0 heterocycles. The molecule has 6 nitrogen and oxygen atoms in total. The Hall–Kier alpha value is -2.38. The minimum atomic E-state index is -3.83. The van der Waals surface area contributed by atoms with Crippen molar-refractivity contribution in [3.63, 3.8) is 0 Å². The Balaban J connectivity index is 2.18. The normalized spacial score (nSPS) is 11.2. The van der Waals surface area contributed by atoms with Crippen molar-refractivity contribution in [1.82, 2.24) is 0 Å². The molecule has 0 fully saturated rings. The number of rotatable bonds is 5. The Bertz CT molecular complexity index is 849. The van der Waals surface area contributed by atoms with Gasteiger partial charge in [0.25, 0.3) is 0 Å². The molecule has 2 rings (SSSR count). The summed E-state index contributed by atoms with van der Waals surface area (Å²) in [4.78, 5) is 14.1. The van der Waals surface area contributed by atoms with Crippen molar-refractivity contribution in [3.05, 3.63) is 53.6 Å². The number of likely N-dealkylation sites (N-methyl/N-ethyl adjacent to an activating group) is 1. The van der Waals surface area contributed by atoms with Gasteiger partial charge in [0.15, 0.2) is 0 Å². The number of sulfonamides is 1. The van der Waals surface area contributed by atoms with Gasteiger partial charge in [0.1, 0.15) is 0 Å². The highest BCUT2D eigenvalue weighted by molar-refractivity contribution is 7.89. The van der Waals surface area contributed by atoms with Crippen LogP contribution in [0.3, 0.4) is 0 Å². The molecule has 2 aromatic carbocycles. The quantitative estimate of drug-likeness (QED) is 0.865. The summed E-state index contributed by atoms with van der Waals surface area (Å²) in [6.45, 7) is 3.73. The fraction of sp³-hybridized carbons (Fsp3) is 0.235. The average molecular weight is 347 g/mol. The van der Waals surface area contributed by atoms with E-state index >= 15 is 0 Å². The number of nitrogens with two attached hydrogens (primary N) is 1. The molecule has 0 spiro atoms. The summed E-state index contributed by atoms with van der Waals surface area (Å²) in [6, 6.07) is 12.4. The second-order valence-electron chi connectivity index (χ2n) is 5.70. The molecular formula is C17H21N3O3S. The molecule has 0 atom stereocenters. The van der Waals surface area contributed by atoms with Gasteiger partial charge in [-0.2, -0.15) is 0 Å². The lowest BCUT2D eigenvalue weighted by molar-refractivity contribution is -0.114. The van der Waals surface area contributed by atoms with E-state index in [1.165, 1.54) is 12.1 Å². The van der Waals surface area contributed by atoms with E-state index in [9.17, 15) is 13.2 Å². The summed E-state index contributed by atoms with van der Waals surface area (Å²) < 4.78 is 23.1. The Morgan fingerprint density at radius 3 is 2.38 bits per heavy atom. The number of benzene rings is 2. The summed E-state index contributed by atoms with van der Waals surface area (Å²) in [5.74, 6) is -0.240. The van der Waals surface area contributed by atoms with Crippen LogP contribution in [0.4, 0.5) is 11.4 Å². The molecule has 0 saturated heterocycles. The van der Waals surface area contributed by atoms with Crippen molar-refractivity contribution >= 4 is 27.3 Å². The first kappa shape index (κ1) is 18.0. The second kappa shape index (κ2) is 7.02. The maximum atomic E-state index is 12.3. The van der Waals surface area contributed by atoms with Crippen molar-refractivity contribution in [1.29, 1.82) is 0 Å². The molecule has 0 bridgehead atoms. The van der Waals surface area contributed by atoms with Gasteiger partial charge < -0.3 is 10.2 Å². The molecule has 0 aliphatic heterocycles. The van der Waals surface area contributed by atoms with Crippen molar-refractivity contribution < 1.29 is 13.2 Å². The van der Waals surface area contributed by atoms with Gasteiger partial charge in [-0.25, -0.2) is 13.6 Å². The molecule has 24 heavy (non-hydrogen) atoms. The highest BCUT2D eigenvalue weighted by Crippen LogP contribution is 2.23. The summed E-state index contributed by atoms with van der Waals surface area (Å²) in [5.41, 5.74) is 2.91. The minimum absolute atomic E-state index is 0.0164. The first-order valence-corrected chi connectivity index (χ1v) is 8.93. The lowest BCUT2D eigenvalue weighted by atomic mass is 10.1. The third-order valence-electron chi connectivity index (χ3n) is 3.82. The summed E-state index contributed by atoms with van der Waals surface area (Å²) in [5, 5.41) is 7.95. The monoisotopic (exact) mass is 347 g/mol. The van der Waals surface area contributed by atoms with E-state index in [4.69, 9.17) is 5.14 Å². The molecule has 3 N–H and O–H groups in total. The van der Waals surface area contributed by atoms with Gasteiger partial charge >= 0.3 is 0 Å². The van der Waals surface area contributed by atoms with Crippen LogP contribution in [-0.4, -0.2) is 27.9 Å². The maximum Gasteiger partial charge on any atom is 0.243 e. The Morgan fingerprint density at radius 1 is 1.17 bits per heavy atom. The van der Waals surface area contributed by atoms with Gasteiger partial charge in [0.2, 0.25) is 15.9 Å². The smallest absolute Gasteiger partial charge is 0.243 e. The van der Waals surface area contributed by atoms with Crippen LogP contribution in [0.1, 0.15) is 11.1 Å². The third-order valence-corrected chi connectivity index (χ3v) is 4.71. The number of primary sulfonamides is 1. The average Bonchev–Trinajstić information content (AvgIpc) is 2.51. The lowest BCUT2D eigenvalue weighted by Crippen LogP contribution is -2.30. The Kier molecular flexibility index (Phi) is 5.26. The number of aryl methyl sites for hydroxylation is 1. The summed E-state index contributed by atoms with van der Waals surface area (Å²) in [7, 11) is -2.01. The van der Waals surface area contributed by atoms with E-state index in [0.29, 0.717) is 5.69 Å². The van der Waals surface area contributed by atoms with Crippen LogP contribution in [0, 0.1) is 13.8 Å². The van der Waals surface area contributed by atoms with Gasteiger partial charge in [-0.1, -0.05) is 18.2 Å². The predicted octanol–water partition coefficient (Wildman–Crippen LogP) is 2.03. The van der Waals surface area contributed by atoms with E-state index in [2.05, 4.69) is 5.32 Å². The number of anilines is 2. The fourth-order valence-electron chi connectivity index (χ4n) is 2.30. The summed E-state index contributed by atoms with van der Waals surface area (Å²) in [6.07, 6.45) is 0. The van der Waals surface area contributed by atoms with Gasteiger partial charge in [-0.05, 0) is 49.2 Å². The SMILES string of the molecule is Cc1cc(S(N)(=O)=O)cc(NC(=O)CN(C)c2ccccc2)c1C. The molecule has 0 unspecified atom stereocenters. The second-order valence-corrected chi connectivity index (χ2v) is 7.26. The van der Waals surface area contributed by atoms with E-state index in [0.717, 1.165) is 16.8 Å². The predicted molar refractivity (Wildman–Crippen MR) is 95.6 cm³/mol. The van der Waals surface area contributed by atoms with Gasteiger partial charge in [0.05, 0.1) is 11.4 Å². The van der Waals surface area contributed by atoms with Crippen LogP contribution in [0.2, 0.25) is 0 Å². The van der Waals surface area contributed by atoms with Crippen LogP contribution in [0.25, 0.3) is 0 Å². The van der Waals surface area contributed by atoms with Crippen molar-refractivity contribution in [3.8, 4) is 0 Å².